The van der Waals surface area contributed by atoms with Gasteiger partial charge in [-0.15, -0.1) is 0 Å². The number of fused-ring (bicyclic) bond motifs is 1. The highest BCUT2D eigenvalue weighted by atomic mass is 79.9. The summed E-state index contributed by atoms with van der Waals surface area (Å²) in [5.74, 6) is 1.63. The van der Waals surface area contributed by atoms with Crippen LogP contribution in [-0.4, -0.2) is 52.2 Å². The fourth-order valence-corrected chi connectivity index (χ4v) is 7.63. The number of piperidine rings is 1. The minimum absolute atomic E-state index is 0.190. The van der Waals surface area contributed by atoms with Crippen molar-refractivity contribution in [2.24, 2.45) is 13.0 Å². The second kappa shape index (κ2) is 12.9. The third-order valence-corrected chi connectivity index (χ3v) is 10.7. The molecular formula is C34H43BrN4O3. The van der Waals surface area contributed by atoms with Crippen LogP contribution >= 0.6 is 15.9 Å². The number of halogens is 1. The van der Waals surface area contributed by atoms with E-state index in [1.165, 1.54) is 69.0 Å². The quantitative estimate of drug-likeness (QED) is 0.208. The van der Waals surface area contributed by atoms with Gasteiger partial charge in [-0.05, 0) is 101 Å². The van der Waals surface area contributed by atoms with Crippen LogP contribution in [0.1, 0.15) is 92.9 Å². The van der Waals surface area contributed by atoms with Gasteiger partial charge in [-0.3, -0.25) is 19.6 Å². The second-order valence-corrected chi connectivity index (χ2v) is 13.5. The number of hydrogen-bond acceptors (Lipinski definition) is 5. The zero-order valence-corrected chi connectivity index (χ0v) is 26.5. The fraction of sp³-hybridized carbons (Fsp3) is 0.559. The lowest BCUT2D eigenvalue weighted by molar-refractivity contribution is -0.134. The van der Waals surface area contributed by atoms with Gasteiger partial charge in [0.2, 0.25) is 11.8 Å². The van der Waals surface area contributed by atoms with Crippen molar-refractivity contribution >= 4 is 38.6 Å². The fourth-order valence-electron chi connectivity index (χ4n) is 7.28. The molecule has 1 unspecified atom stereocenters. The third-order valence-electron chi connectivity index (χ3n) is 9.86. The Kier molecular flexibility index (Phi) is 9.01. The lowest BCUT2D eigenvalue weighted by Crippen LogP contribution is -2.39. The standard InChI is InChI=1S/C34H43BrN4O3/c1-22-29(35)7-5-8-31(22)42-26-12-9-23(10-13-26)6-3-4-18-39-19-17-25(21-39)24-11-14-27-30(20-24)38(2)37-33(27)28-15-16-32(40)36-34(28)41/h5,7-8,11,14,20,23,25-26,28H,3-4,6,9-10,12-13,15-19,21H2,1-2H3,(H,36,40,41)/t23?,25-,26?,28?/m0/s1. The molecule has 1 saturated carbocycles. The molecule has 3 aromatic rings. The highest BCUT2D eigenvalue weighted by Gasteiger charge is 2.32. The monoisotopic (exact) mass is 634 g/mol. The first-order valence-electron chi connectivity index (χ1n) is 15.8. The van der Waals surface area contributed by atoms with Crippen LogP contribution in [0.5, 0.6) is 5.75 Å². The molecule has 8 heteroatoms. The number of hydrogen-bond donors (Lipinski definition) is 1. The van der Waals surface area contributed by atoms with Crippen molar-refractivity contribution in [1.82, 2.24) is 20.0 Å². The van der Waals surface area contributed by atoms with Crippen LogP contribution < -0.4 is 10.1 Å². The number of benzene rings is 2. The van der Waals surface area contributed by atoms with Gasteiger partial charge in [0.25, 0.3) is 0 Å². The van der Waals surface area contributed by atoms with Gasteiger partial charge in [0, 0.05) is 35.4 Å². The molecule has 3 aliphatic rings. The molecule has 1 aliphatic carbocycles. The number of aromatic nitrogens is 2. The van der Waals surface area contributed by atoms with E-state index < -0.39 is 0 Å². The van der Waals surface area contributed by atoms with Crippen LogP contribution in [0.3, 0.4) is 0 Å². The van der Waals surface area contributed by atoms with Gasteiger partial charge in [0.1, 0.15) is 5.75 Å². The lowest BCUT2D eigenvalue weighted by atomic mass is 9.84. The van der Waals surface area contributed by atoms with E-state index in [4.69, 9.17) is 9.84 Å². The predicted octanol–water partition coefficient (Wildman–Crippen LogP) is 6.76. The highest BCUT2D eigenvalue weighted by molar-refractivity contribution is 9.10. The normalized spacial score (nSPS) is 25.2. The molecular weight excluding hydrogens is 592 g/mol. The molecule has 2 saturated heterocycles. The van der Waals surface area contributed by atoms with Crippen LogP contribution in [0.15, 0.2) is 40.9 Å². The van der Waals surface area contributed by atoms with Crippen molar-refractivity contribution < 1.29 is 14.3 Å². The summed E-state index contributed by atoms with van der Waals surface area (Å²) in [4.78, 5) is 26.7. The molecule has 1 aromatic heterocycles. The number of nitrogens with zero attached hydrogens (tertiary/aromatic N) is 3. The molecule has 3 heterocycles. The molecule has 2 aromatic carbocycles. The van der Waals surface area contributed by atoms with Gasteiger partial charge in [-0.25, -0.2) is 0 Å². The molecule has 0 radical (unpaired) electrons. The Morgan fingerprint density at radius 2 is 1.88 bits per heavy atom. The molecule has 2 atom stereocenters. The van der Waals surface area contributed by atoms with Gasteiger partial charge in [-0.1, -0.05) is 47.0 Å². The molecule has 3 fully saturated rings. The zero-order chi connectivity index (χ0) is 29.2. The minimum atomic E-state index is -0.358. The Bertz CT molecular complexity index is 1440. The van der Waals surface area contributed by atoms with E-state index in [1.807, 2.05) is 11.7 Å². The van der Waals surface area contributed by atoms with Gasteiger partial charge < -0.3 is 9.64 Å². The van der Waals surface area contributed by atoms with Crippen molar-refractivity contribution in [3.8, 4) is 5.75 Å². The molecule has 1 N–H and O–H groups in total. The molecule has 7 nitrogen and oxygen atoms in total. The number of amides is 2. The van der Waals surface area contributed by atoms with Gasteiger partial charge >= 0.3 is 0 Å². The van der Waals surface area contributed by atoms with Crippen LogP contribution in [0.2, 0.25) is 0 Å². The van der Waals surface area contributed by atoms with Crippen molar-refractivity contribution in [3.05, 3.63) is 57.7 Å². The molecule has 0 bridgehead atoms. The van der Waals surface area contributed by atoms with E-state index in [0.717, 1.165) is 45.8 Å². The summed E-state index contributed by atoms with van der Waals surface area (Å²) in [6.07, 6.45) is 11.3. The third kappa shape index (κ3) is 6.45. The number of imide groups is 1. The molecule has 2 aliphatic heterocycles. The lowest BCUT2D eigenvalue weighted by Gasteiger charge is -2.29. The summed E-state index contributed by atoms with van der Waals surface area (Å²) in [6.45, 7) is 5.58. The predicted molar refractivity (Wildman–Crippen MR) is 169 cm³/mol. The largest absolute Gasteiger partial charge is 0.490 e. The second-order valence-electron chi connectivity index (χ2n) is 12.7. The molecule has 42 heavy (non-hydrogen) atoms. The Balaban J connectivity index is 0.942. The van der Waals surface area contributed by atoms with E-state index in [0.29, 0.717) is 24.9 Å². The topological polar surface area (TPSA) is 76.5 Å². The van der Waals surface area contributed by atoms with E-state index in [9.17, 15) is 9.59 Å². The van der Waals surface area contributed by atoms with Gasteiger partial charge in [0.15, 0.2) is 0 Å². The number of unbranched alkanes of at least 4 members (excludes halogenated alkanes) is 1. The number of rotatable bonds is 9. The Labute approximate surface area is 257 Å². The summed E-state index contributed by atoms with van der Waals surface area (Å²) < 4.78 is 9.37. The first-order chi connectivity index (χ1) is 20.4. The first kappa shape index (κ1) is 29.4. The van der Waals surface area contributed by atoms with Crippen LogP contribution in [0.25, 0.3) is 10.9 Å². The maximum atomic E-state index is 12.5. The summed E-state index contributed by atoms with van der Waals surface area (Å²) in [6, 6.07) is 12.9. The average Bonchev–Trinajstić information content (AvgIpc) is 3.59. The molecule has 2 amide bonds. The smallest absolute Gasteiger partial charge is 0.235 e. The Morgan fingerprint density at radius 3 is 2.69 bits per heavy atom. The number of ether oxygens (including phenoxy) is 1. The molecule has 0 spiro atoms. The van der Waals surface area contributed by atoms with Gasteiger partial charge in [0.05, 0.1) is 23.2 Å². The van der Waals surface area contributed by atoms with Crippen molar-refractivity contribution in [2.45, 2.75) is 89.1 Å². The van der Waals surface area contributed by atoms with Crippen molar-refractivity contribution in [3.63, 3.8) is 0 Å². The first-order valence-corrected chi connectivity index (χ1v) is 16.6. The Hall–Kier alpha value is -2.71. The summed E-state index contributed by atoms with van der Waals surface area (Å²) in [5, 5.41) is 8.21. The minimum Gasteiger partial charge on any atom is -0.490 e. The SMILES string of the molecule is Cc1c(Br)cccc1OC1CCC(CCCCN2CC[C@H](c3ccc4c(C5CCC(=O)NC5=O)nn(C)c4c3)C2)CC1. The Morgan fingerprint density at radius 1 is 1.05 bits per heavy atom. The zero-order valence-electron chi connectivity index (χ0n) is 24.9. The maximum Gasteiger partial charge on any atom is 0.235 e. The van der Waals surface area contributed by atoms with Crippen LogP contribution in [0, 0.1) is 12.8 Å². The maximum absolute atomic E-state index is 12.5. The number of carbonyl (C=O) groups is 2. The summed E-state index contributed by atoms with van der Waals surface area (Å²) >= 11 is 3.62. The number of aryl methyl sites for hydroxylation is 1. The number of nitrogens with one attached hydrogen (secondary N) is 1. The van der Waals surface area contributed by atoms with E-state index in [-0.39, 0.29) is 17.7 Å². The average molecular weight is 636 g/mol. The van der Waals surface area contributed by atoms with Gasteiger partial charge in [-0.2, -0.15) is 5.10 Å². The highest BCUT2D eigenvalue weighted by Crippen LogP contribution is 2.35. The van der Waals surface area contributed by atoms with Crippen LogP contribution in [0.4, 0.5) is 0 Å². The van der Waals surface area contributed by atoms with Crippen molar-refractivity contribution in [1.29, 1.82) is 0 Å². The molecule has 224 valence electrons. The number of carbonyl (C=O) groups excluding carboxylic acids is 2. The summed E-state index contributed by atoms with van der Waals surface area (Å²) in [5.41, 5.74) is 4.41. The van der Waals surface area contributed by atoms with E-state index in [2.05, 4.69) is 69.5 Å². The number of likely N-dealkylation sites (tertiary alicyclic amines) is 1. The van der Waals surface area contributed by atoms with E-state index >= 15 is 0 Å². The van der Waals surface area contributed by atoms with Crippen molar-refractivity contribution in [2.75, 3.05) is 19.6 Å². The van der Waals surface area contributed by atoms with E-state index in [1.54, 1.807) is 0 Å². The molecule has 6 rings (SSSR count). The summed E-state index contributed by atoms with van der Waals surface area (Å²) in [7, 11) is 1.95. The van der Waals surface area contributed by atoms with Crippen LogP contribution in [-0.2, 0) is 16.6 Å².